The molecule has 2 aliphatic rings. The summed E-state index contributed by atoms with van der Waals surface area (Å²) in [7, 11) is -3.81. The van der Waals surface area contributed by atoms with Crippen LogP contribution >= 0.6 is 0 Å². The van der Waals surface area contributed by atoms with Crippen LogP contribution in [0.3, 0.4) is 0 Å². The van der Waals surface area contributed by atoms with Crippen LogP contribution in [0.1, 0.15) is 31.2 Å². The Bertz CT molecular complexity index is 1770. The number of hydrogen-bond acceptors (Lipinski definition) is 7. The van der Waals surface area contributed by atoms with Crippen molar-refractivity contribution < 1.29 is 18.3 Å². The monoisotopic (exact) mass is 562 g/mol. The molecule has 12 heteroatoms. The molecular weight excluding hydrogens is 532 g/mol. The van der Waals surface area contributed by atoms with Gasteiger partial charge in [-0.15, -0.1) is 0 Å². The van der Waals surface area contributed by atoms with Crippen LogP contribution in [-0.2, 0) is 21.4 Å². The van der Waals surface area contributed by atoms with E-state index in [-0.39, 0.29) is 34.2 Å². The number of anilines is 1. The van der Waals surface area contributed by atoms with E-state index in [1.165, 1.54) is 21.8 Å². The molecule has 2 N–H and O–H groups in total. The van der Waals surface area contributed by atoms with Crippen LogP contribution < -0.4 is 10.3 Å². The molecule has 40 heavy (non-hydrogen) atoms. The van der Waals surface area contributed by atoms with Gasteiger partial charge in [0.1, 0.15) is 11.7 Å². The molecule has 1 saturated heterocycles. The van der Waals surface area contributed by atoms with Crippen molar-refractivity contribution >= 4 is 32.7 Å². The van der Waals surface area contributed by atoms with Crippen molar-refractivity contribution in [2.75, 3.05) is 17.8 Å². The Balaban J connectivity index is 1.22. The van der Waals surface area contributed by atoms with Crippen molar-refractivity contribution in [3.63, 3.8) is 0 Å². The Morgan fingerprint density at radius 3 is 2.60 bits per heavy atom. The van der Waals surface area contributed by atoms with Crippen molar-refractivity contribution in [1.82, 2.24) is 24.2 Å². The second-order valence-electron chi connectivity index (χ2n) is 10.7. The fourth-order valence-corrected chi connectivity index (χ4v) is 6.52. The van der Waals surface area contributed by atoms with E-state index in [1.54, 1.807) is 55.5 Å². The van der Waals surface area contributed by atoms with Crippen molar-refractivity contribution in [3.8, 4) is 5.69 Å². The van der Waals surface area contributed by atoms with Gasteiger partial charge in [0, 0.05) is 19.0 Å². The highest BCUT2D eigenvalue weighted by Crippen LogP contribution is 2.33. The van der Waals surface area contributed by atoms with Crippen LogP contribution in [-0.4, -0.2) is 62.4 Å². The van der Waals surface area contributed by atoms with E-state index < -0.39 is 15.6 Å². The molecule has 0 unspecified atom stereocenters. The Morgan fingerprint density at radius 2 is 1.88 bits per heavy atom. The van der Waals surface area contributed by atoms with Crippen LogP contribution in [0.5, 0.6) is 0 Å². The average molecular weight is 563 g/mol. The third kappa shape index (κ3) is 5.00. The maximum Gasteiger partial charge on any atom is 0.264 e. The second kappa shape index (κ2) is 9.86. The zero-order valence-electron chi connectivity index (χ0n) is 22.0. The number of hydrogen-bond donors (Lipinski definition) is 2. The normalized spacial score (nSPS) is 17.2. The van der Waals surface area contributed by atoms with E-state index in [0.29, 0.717) is 48.5 Å². The third-order valence-electron chi connectivity index (χ3n) is 7.68. The average Bonchev–Trinajstić information content (AvgIpc) is 3.69. The van der Waals surface area contributed by atoms with Crippen LogP contribution in [0.2, 0.25) is 0 Å². The summed E-state index contributed by atoms with van der Waals surface area (Å²) in [5.74, 6) is 0.313. The maximum absolute atomic E-state index is 13.3. The van der Waals surface area contributed by atoms with Crippen LogP contribution in [0.15, 0.2) is 70.7 Å². The summed E-state index contributed by atoms with van der Waals surface area (Å²) in [4.78, 5) is 32.1. The lowest BCUT2D eigenvalue weighted by Gasteiger charge is -2.38. The zero-order chi connectivity index (χ0) is 28.1. The Morgan fingerprint density at radius 1 is 1.12 bits per heavy atom. The van der Waals surface area contributed by atoms with Crippen LogP contribution in [0.25, 0.3) is 16.7 Å². The number of aromatic nitrogens is 4. The lowest BCUT2D eigenvalue weighted by Crippen LogP contribution is -2.50. The highest BCUT2D eigenvalue weighted by Gasteiger charge is 2.39. The number of carbonyl (C=O) groups excluding carboxylic acids is 1. The number of aliphatic hydroxyl groups is 1. The number of nitrogens with zero attached hydrogens (tertiary/aromatic N) is 5. The first kappa shape index (κ1) is 26.2. The Hall–Kier alpha value is -4.03. The van der Waals surface area contributed by atoms with Gasteiger partial charge in [0.15, 0.2) is 5.65 Å². The minimum absolute atomic E-state index is 0.0710. The van der Waals surface area contributed by atoms with Gasteiger partial charge >= 0.3 is 0 Å². The molecule has 1 aliphatic heterocycles. The number of amides is 1. The van der Waals surface area contributed by atoms with Gasteiger partial charge in [0.05, 0.1) is 34.6 Å². The van der Waals surface area contributed by atoms with Gasteiger partial charge in [0.2, 0.25) is 5.91 Å². The second-order valence-corrected chi connectivity index (χ2v) is 12.4. The van der Waals surface area contributed by atoms with Gasteiger partial charge in [-0.1, -0.05) is 24.3 Å². The van der Waals surface area contributed by atoms with Crippen molar-refractivity contribution in [2.24, 2.45) is 5.92 Å². The maximum atomic E-state index is 13.3. The van der Waals surface area contributed by atoms with E-state index in [1.807, 2.05) is 4.90 Å². The van der Waals surface area contributed by atoms with E-state index in [4.69, 9.17) is 0 Å². The molecule has 0 atom stereocenters. The first-order valence-electron chi connectivity index (χ1n) is 13.3. The number of rotatable bonds is 7. The molecule has 4 aromatic rings. The fourth-order valence-electron chi connectivity index (χ4n) is 5.23. The first-order chi connectivity index (χ1) is 19.1. The molecule has 1 aliphatic carbocycles. The first-order valence-corrected chi connectivity index (χ1v) is 14.8. The van der Waals surface area contributed by atoms with Crippen LogP contribution in [0, 0.1) is 12.8 Å². The Labute approximate surface area is 231 Å². The van der Waals surface area contributed by atoms with Crippen molar-refractivity contribution in [3.05, 3.63) is 77.0 Å². The van der Waals surface area contributed by atoms with Gasteiger partial charge in [-0.05, 0) is 62.4 Å². The summed E-state index contributed by atoms with van der Waals surface area (Å²) in [6.45, 7) is 2.74. The third-order valence-corrected chi connectivity index (χ3v) is 9.22. The number of aryl methyl sites for hydroxylation is 1. The van der Waals surface area contributed by atoms with E-state index in [9.17, 15) is 23.1 Å². The molecule has 0 bridgehead atoms. The summed E-state index contributed by atoms with van der Waals surface area (Å²) in [5, 5.41) is 15.8. The fraction of sp³-hybridized carbons (Fsp3) is 0.357. The molecule has 11 nitrogen and oxygen atoms in total. The predicted octanol–water partition coefficient (Wildman–Crippen LogP) is 2.45. The molecule has 6 rings (SSSR count). The number of carbonyl (C=O) groups is 1. The number of likely N-dealkylation sites (tertiary alicyclic amines) is 1. The summed E-state index contributed by atoms with van der Waals surface area (Å²) < 4.78 is 31.4. The molecule has 2 aromatic carbocycles. The summed E-state index contributed by atoms with van der Waals surface area (Å²) in [6, 6.07) is 13.4. The number of nitrogens with one attached hydrogen (secondary N) is 1. The zero-order valence-corrected chi connectivity index (χ0v) is 22.8. The predicted molar refractivity (Wildman–Crippen MR) is 149 cm³/mol. The quantitative estimate of drug-likeness (QED) is 0.353. The van der Waals surface area contributed by atoms with E-state index in [0.717, 1.165) is 12.8 Å². The van der Waals surface area contributed by atoms with E-state index >= 15 is 0 Å². The number of sulfonamides is 1. The number of benzene rings is 2. The molecule has 1 saturated carbocycles. The smallest absolute Gasteiger partial charge is 0.264 e. The lowest BCUT2D eigenvalue weighted by molar-refractivity contribution is -0.137. The Kier molecular flexibility index (Phi) is 6.46. The number of fused-ring (bicyclic) bond motifs is 1. The van der Waals surface area contributed by atoms with Crippen molar-refractivity contribution in [1.29, 1.82) is 0 Å². The van der Waals surface area contributed by atoms with Gasteiger partial charge in [0.25, 0.3) is 15.6 Å². The highest BCUT2D eigenvalue weighted by atomic mass is 32.2. The number of piperidine rings is 1. The highest BCUT2D eigenvalue weighted by molar-refractivity contribution is 7.92. The summed E-state index contributed by atoms with van der Waals surface area (Å²) in [5.41, 5.74) is 0.363. The van der Waals surface area contributed by atoms with Gasteiger partial charge in [-0.25, -0.2) is 18.1 Å². The molecular formula is C28H30N6O5S. The topological polar surface area (TPSA) is 139 Å². The molecule has 2 aromatic heterocycles. The lowest BCUT2D eigenvalue weighted by atomic mass is 9.91. The summed E-state index contributed by atoms with van der Waals surface area (Å²) in [6.07, 6.45) is 5.49. The molecule has 0 spiro atoms. The summed E-state index contributed by atoms with van der Waals surface area (Å²) >= 11 is 0. The molecule has 3 heterocycles. The molecule has 0 radical (unpaired) electrons. The standard InChI is InChI=1S/C28H30N6O5S/c1-19-5-2-3-8-24(19)40(38,39)31-21-6-4-7-22(15-21)34-25-23(16-30-34)27(36)33(18-29-25)17-28(37)11-13-32(14-12-28)26(35)20-9-10-20/h2-8,15-16,18,20,31,37H,9-14,17H2,1H3. The minimum Gasteiger partial charge on any atom is -0.388 e. The van der Waals surface area contributed by atoms with Gasteiger partial charge in [-0.3, -0.25) is 18.9 Å². The molecule has 2 fully saturated rings. The van der Waals surface area contributed by atoms with Gasteiger partial charge in [-0.2, -0.15) is 5.10 Å². The minimum atomic E-state index is -3.81. The molecule has 208 valence electrons. The van der Waals surface area contributed by atoms with E-state index in [2.05, 4.69) is 14.8 Å². The van der Waals surface area contributed by atoms with Crippen LogP contribution in [0.4, 0.5) is 5.69 Å². The van der Waals surface area contributed by atoms with Crippen molar-refractivity contribution in [2.45, 2.75) is 49.6 Å². The van der Waals surface area contributed by atoms with Gasteiger partial charge < -0.3 is 10.0 Å². The SMILES string of the molecule is Cc1ccccc1S(=O)(=O)Nc1cccc(-n2ncc3c(=O)n(CC4(O)CCN(C(=O)C5CC5)CC4)cnc32)c1. The molecule has 1 amide bonds. The largest absolute Gasteiger partial charge is 0.388 e.